The van der Waals surface area contributed by atoms with Crippen LogP contribution in [0.5, 0.6) is 0 Å². The molecule has 3 heteroatoms. The quantitative estimate of drug-likeness (QED) is 0.728. The smallest absolute Gasteiger partial charge is 0.0524 e. The molecule has 0 aromatic carbocycles. The molecule has 0 radical (unpaired) electrons. The van der Waals surface area contributed by atoms with Crippen molar-refractivity contribution in [1.29, 1.82) is 0 Å². The van der Waals surface area contributed by atoms with Gasteiger partial charge in [-0.3, -0.25) is 0 Å². The fourth-order valence-electron chi connectivity index (χ4n) is 1.67. The molecule has 1 aliphatic rings. The van der Waals surface area contributed by atoms with Crippen LogP contribution in [0.3, 0.4) is 0 Å². The van der Waals surface area contributed by atoms with E-state index in [4.69, 9.17) is 5.11 Å². The summed E-state index contributed by atoms with van der Waals surface area (Å²) in [6, 6.07) is 0.664. The molecular formula is C10H21NOS. The first-order valence-electron chi connectivity index (χ1n) is 5.23. The molecule has 0 aromatic rings. The summed E-state index contributed by atoms with van der Waals surface area (Å²) in [5, 5.41) is 13.4. The standard InChI is InChI=1S/C10H21NOS/c1-8(12)5-6-11-10-4-3-7-13-9(10)2/h8-12H,3-7H2,1-2H3. The van der Waals surface area contributed by atoms with Gasteiger partial charge in [-0.1, -0.05) is 6.92 Å². The molecule has 0 aromatic heterocycles. The van der Waals surface area contributed by atoms with Gasteiger partial charge in [0.25, 0.3) is 0 Å². The number of rotatable bonds is 4. The number of thioether (sulfide) groups is 1. The minimum Gasteiger partial charge on any atom is -0.393 e. The molecular weight excluding hydrogens is 182 g/mol. The van der Waals surface area contributed by atoms with Gasteiger partial charge >= 0.3 is 0 Å². The second kappa shape index (κ2) is 5.89. The topological polar surface area (TPSA) is 32.3 Å². The second-order valence-electron chi connectivity index (χ2n) is 3.92. The summed E-state index contributed by atoms with van der Waals surface area (Å²) in [4.78, 5) is 0. The first kappa shape index (κ1) is 11.3. The lowest BCUT2D eigenvalue weighted by molar-refractivity contribution is 0.182. The Bertz CT molecular complexity index is 141. The first-order chi connectivity index (χ1) is 6.20. The van der Waals surface area contributed by atoms with Gasteiger partial charge in [0, 0.05) is 11.3 Å². The molecule has 0 bridgehead atoms. The summed E-state index contributed by atoms with van der Waals surface area (Å²) in [5.41, 5.74) is 0. The van der Waals surface area contributed by atoms with Gasteiger partial charge in [-0.25, -0.2) is 0 Å². The fraction of sp³-hybridized carbons (Fsp3) is 1.00. The maximum Gasteiger partial charge on any atom is 0.0524 e. The predicted molar refractivity (Wildman–Crippen MR) is 59.2 cm³/mol. The number of aliphatic hydroxyl groups excluding tert-OH is 1. The van der Waals surface area contributed by atoms with Crippen molar-refractivity contribution in [2.75, 3.05) is 12.3 Å². The average molecular weight is 203 g/mol. The van der Waals surface area contributed by atoms with Crippen molar-refractivity contribution in [3.05, 3.63) is 0 Å². The molecule has 1 saturated heterocycles. The molecule has 2 nitrogen and oxygen atoms in total. The lowest BCUT2D eigenvalue weighted by atomic mass is 10.1. The molecule has 13 heavy (non-hydrogen) atoms. The molecule has 1 heterocycles. The Balaban J connectivity index is 2.11. The van der Waals surface area contributed by atoms with Crippen molar-refractivity contribution < 1.29 is 5.11 Å². The summed E-state index contributed by atoms with van der Waals surface area (Å²) in [6.45, 7) is 5.10. The molecule has 1 rings (SSSR count). The van der Waals surface area contributed by atoms with Crippen molar-refractivity contribution in [1.82, 2.24) is 5.32 Å². The van der Waals surface area contributed by atoms with Gasteiger partial charge in [0.1, 0.15) is 0 Å². The highest BCUT2D eigenvalue weighted by Gasteiger charge is 2.20. The predicted octanol–water partition coefficient (Wildman–Crippen LogP) is 1.63. The molecule has 0 aliphatic carbocycles. The Morgan fingerprint density at radius 1 is 1.62 bits per heavy atom. The SMILES string of the molecule is CC(O)CCNC1CCCSC1C. The van der Waals surface area contributed by atoms with Crippen LogP contribution in [0.15, 0.2) is 0 Å². The lowest BCUT2D eigenvalue weighted by Crippen LogP contribution is -2.40. The first-order valence-corrected chi connectivity index (χ1v) is 6.28. The molecule has 2 N–H and O–H groups in total. The van der Waals surface area contributed by atoms with E-state index in [9.17, 15) is 0 Å². The van der Waals surface area contributed by atoms with Crippen molar-refractivity contribution >= 4 is 11.8 Å². The van der Waals surface area contributed by atoms with Gasteiger partial charge in [-0.15, -0.1) is 0 Å². The highest BCUT2D eigenvalue weighted by atomic mass is 32.2. The van der Waals surface area contributed by atoms with Crippen molar-refractivity contribution in [2.24, 2.45) is 0 Å². The van der Waals surface area contributed by atoms with Crippen LogP contribution in [0.25, 0.3) is 0 Å². The van der Waals surface area contributed by atoms with Crippen LogP contribution in [0.4, 0.5) is 0 Å². The van der Waals surface area contributed by atoms with Gasteiger partial charge < -0.3 is 10.4 Å². The van der Waals surface area contributed by atoms with Crippen LogP contribution in [-0.4, -0.2) is 34.8 Å². The highest BCUT2D eigenvalue weighted by Crippen LogP contribution is 2.24. The Labute approximate surface area is 85.5 Å². The number of aliphatic hydroxyl groups is 1. The molecule has 0 spiro atoms. The van der Waals surface area contributed by atoms with E-state index >= 15 is 0 Å². The molecule has 78 valence electrons. The Kier molecular flexibility index (Phi) is 5.14. The monoisotopic (exact) mass is 203 g/mol. The third kappa shape index (κ3) is 4.34. The van der Waals surface area contributed by atoms with Crippen LogP contribution >= 0.6 is 11.8 Å². The van der Waals surface area contributed by atoms with Crippen molar-refractivity contribution in [2.45, 2.75) is 50.5 Å². The van der Waals surface area contributed by atoms with Crippen molar-refractivity contribution in [3.8, 4) is 0 Å². The zero-order valence-corrected chi connectivity index (χ0v) is 9.44. The molecule has 3 unspecified atom stereocenters. The van der Waals surface area contributed by atoms with Crippen LogP contribution < -0.4 is 5.32 Å². The van der Waals surface area contributed by atoms with Crippen LogP contribution in [0.2, 0.25) is 0 Å². The van der Waals surface area contributed by atoms with Crippen molar-refractivity contribution in [3.63, 3.8) is 0 Å². The molecule has 3 atom stereocenters. The molecule has 0 amide bonds. The van der Waals surface area contributed by atoms with E-state index in [1.165, 1.54) is 18.6 Å². The van der Waals surface area contributed by atoms with E-state index in [1.54, 1.807) is 0 Å². The third-order valence-electron chi connectivity index (χ3n) is 2.58. The van der Waals surface area contributed by atoms with Gasteiger partial charge in [0.2, 0.25) is 0 Å². The summed E-state index contributed by atoms with van der Waals surface area (Å²) < 4.78 is 0. The van der Waals surface area contributed by atoms with Crippen LogP contribution in [-0.2, 0) is 0 Å². The summed E-state index contributed by atoms with van der Waals surface area (Å²) in [6.07, 6.45) is 3.34. The normalized spacial score (nSPS) is 31.6. The molecule has 1 aliphatic heterocycles. The Morgan fingerprint density at radius 3 is 3.00 bits per heavy atom. The van der Waals surface area contributed by atoms with Gasteiger partial charge in [-0.2, -0.15) is 11.8 Å². The van der Waals surface area contributed by atoms with E-state index in [1.807, 2.05) is 6.92 Å². The van der Waals surface area contributed by atoms with E-state index in [-0.39, 0.29) is 6.10 Å². The summed E-state index contributed by atoms with van der Waals surface area (Å²) >= 11 is 2.06. The number of nitrogens with one attached hydrogen (secondary N) is 1. The Morgan fingerprint density at radius 2 is 2.38 bits per heavy atom. The molecule has 1 fully saturated rings. The average Bonchev–Trinajstić information content (AvgIpc) is 2.08. The van der Waals surface area contributed by atoms with E-state index in [0.29, 0.717) is 6.04 Å². The Hall–Kier alpha value is 0.270. The largest absolute Gasteiger partial charge is 0.393 e. The van der Waals surface area contributed by atoms with E-state index in [2.05, 4.69) is 24.0 Å². The number of hydrogen-bond acceptors (Lipinski definition) is 3. The fourth-order valence-corrected chi connectivity index (χ4v) is 2.84. The number of hydrogen-bond donors (Lipinski definition) is 2. The van der Waals surface area contributed by atoms with Crippen LogP contribution in [0, 0.1) is 0 Å². The van der Waals surface area contributed by atoms with E-state index in [0.717, 1.165) is 18.2 Å². The third-order valence-corrected chi connectivity index (χ3v) is 3.95. The second-order valence-corrected chi connectivity index (χ2v) is 5.40. The minimum atomic E-state index is -0.168. The molecule has 0 saturated carbocycles. The van der Waals surface area contributed by atoms with Gasteiger partial charge in [0.15, 0.2) is 0 Å². The summed E-state index contributed by atoms with van der Waals surface area (Å²) in [7, 11) is 0. The zero-order chi connectivity index (χ0) is 9.68. The van der Waals surface area contributed by atoms with E-state index < -0.39 is 0 Å². The maximum atomic E-state index is 9.10. The zero-order valence-electron chi connectivity index (χ0n) is 8.62. The summed E-state index contributed by atoms with van der Waals surface area (Å²) in [5.74, 6) is 1.32. The highest BCUT2D eigenvalue weighted by molar-refractivity contribution is 7.99. The minimum absolute atomic E-state index is 0.168. The lowest BCUT2D eigenvalue weighted by Gasteiger charge is -2.29. The maximum absolute atomic E-state index is 9.10. The van der Waals surface area contributed by atoms with Gasteiger partial charge in [-0.05, 0) is 38.5 Å². The van der Waals surface area contributed by atoms with Crippen LogP contribution in [0.1, 0.15) is 33.1 Å². The van der Waals surface area contributed by atoms with Gasteiger partial charge in [0.05, 0.1) is 6.10 Å².